The van der Waals surface area contributed by atoms with E-state index in [1.807, 2.05) is 0 Å². The van der Waals surface area contributed by atoms with E-state index in [0.29, 0.717) is 12.4 Å². The van der Waals surface area contributed by atoms with Gasteiger partial charge >= 0.3 is 6.36 Å². The van der Waals surface area contributed by atoms with E-state index in [9.17, 15) is 13.2 Å². The van der Waals surface area contributed by atoms with Crippen LogP contribution >= 0.6 is 11.6 Å². The number of halogens is 4. The second kappa shape index (κ2) is 6.81. The fraction of sp³-hybridized carbons (Fsp3) is 1.00. The Bertz CT molecular complexity index is 217. The highest BCUT2D eigenvalue weighted by atomic mass is 35.5. The summed E-state index contributed by atoms with van der Waals surface area (Å²) in [4.78, 5) is 0. The normalized spacial score (nSPS) is 20.5. The zero-order valence-electron chi connectivity index (χ0n) is 9.78. The molecule has 0 saturated heterocycles. The molecule has 0 aliphatic heterocycles. The van der Waals surface area contributed by atoms with Crippen LogP contribution < -0.4 is 5.32 Å². The fourth-order valence-electron chi connectivity index (χ4n) is 2.25. The van der Waals surface area contributed by atoms with Crippen molar-refractivity contribution >= 4 is 11.6 Å². The molecule has 2 nitrogen and oxygen atoms in total. The molecule has 0 aromatic carbocycles. The van der Waals surface area contributed by atoms with Crippen LogP contribution in [0.1, 0.15) is 32.1 Å². The third kappa shape index (κ3) is 5.93. The molecule has 0 aromatic heterocycles. The standard InChI is InChI=1S/C11H19ClF3NO/c12-8-10(4-2-1-3-5-10)9-16-6-7-17-11(13,14)15/h16H,1-9H2. The number of nitrogens with one attached hydrogen (secondary N) is 1. The molecule has 0 radical (unpaired) electrons. The Hall–Kier alpha value is 0. The molecule has 1 aliphatic carbocycles. The second-order valence-corrected chi connectivity index (χ2v) is 4.93. The van der Waals surface area contributed by atoms with Crippen LogP contribution in [-0.2, 0) is 4.74 Å². The van der Waals surface area contributed by atoms with Gasteiger partial charge in [-0.25, -0.2) is 0 Å². The lowest BCUT2D eigenvalue weighted by atomic mass is 9.75. The summed E-state index contributed by atoms with van der Waals surface area (Å²) < 4.78 is 38.8. The minimum absolute atomic E-state index is 0.0675. The van der Waals surface area contributed by atoms with E-state index in [2.05, 4.69) is 10.1 Å². The molecule has 1 rings (SSSR count). The van der Waals surface area contributed by atoms with E-state index < -0.39 is 6.36 Å². The highest BCUT2D eigenvalue weighted by Crippen LogP contribution is 2.36. The van der Waals surface area contributed by atoms with Gasteiger partial charge in [0.05, 0.1) is 6.61 Å². The Kier molecular flexibility index (Phi) is 6.03. The highest BCUT2D eigenvalue weighted by Gasteiger charge is 2.31. The van der Waals surface area contributed by atoms with Gasteiger partial charge in [0.15, 0.2) is 0 Å². The lowest BCUT2D eigenvalue weighted by Gasteiger charge is -2.35. The second-order valence-electron chi connectivity index (χ2n) is 4.67. The summed E-state index contributed by atoms with van der Waals surface area (Å²) in [5.74, 6) is 0.570. The topological polar surface area (TPSA) is 21.3 Å². The lowest BCUT2D eigenvalue weighted by molar-refractivity contribution is -0.323. The molecule has 1 aliphatic rings. The van der Waals surface area contributed by atoms with Crippen molar-refractivity contribution in [2.75, 3.05) is 25.6 Å². The third-order valence-electron chi connectivity index (χ3n) is 3.24. The lowest BCUT2D eigenvalue weighted by Crippen LogP contribution is -2.39. The smallest absolute Gasteiger partial charge is 0.314 e. The van der Waals surface area contributed by atoms with E-state index in [1.165, 1.54) is 6.42 Å². The van der Waals surface area contributed by atoms with Crippen molar-refractivity contribution in [2.45, 2.75) is 38.5 Å². The molecule has 1 N–H and O–H groups in total. The van der Waals surface area contributed by atoms with Gasteiger partial charge in [-0.15, -0.1) is 24.8 Å². The predicted octanol–water partition coefficient (Wildman–Crippen LogP) is 3.30. The van der Waals surface area contributed by atoms with Crippen molar-refractivity contribution in [3.8, 4) is 0 Å². The quantitative estimate of drug-likeness (QED) is 0.592. The molecule has 17 heavy (non-hydrogen) atoms. The highest BCUT2D eigenvalue weighted by molar-refractivity contribution is 6.18. The molecule has 0 atom stereocenters. The van der Waals surface area contributed by atoms with E-state index in [1.54, 1.807) is 0 Å². The van der Waals surface area contributed by atoms with Crippen LogP contribution in [0.4, 0.5) is 13.2 Å². The number of alkyl halides is 4. The SMILES string of the molecule is FC(F)(F)OCCNCC1(CCl)CCCCC1. The van der Waals surface area contributed by atoms with E-state index in [4.69, 9.17) is 11.6 Å². The van der Waals surface area contributed by atoms with Gasteiger partial charge in [-0.05, 0) is 18.3 Å². The first-order valence-corrected chi connectivity index (χ1v) is 6.48. The van der Waals surface area contributed by atoms with Crippen molar-refractivity contribution in [2.24, 2.45) is 5.41 Å². The van der Waals surface area contributed by atoms with E-state index in [-0.39, 0.29) is 18.6 Å². The summed E-state index contributed by atoms with van der Waals surface area (Å²) in [7, 11) is 0. The molecule has 0 unspecified atom stereocenters. The predicted molar refractivity (Wildman–Crippen MR) is 61.1 cm³/mol. The fourth-order valence-corrected chi connectivity index (χ4v) is 2.61. The van der Waals surface area contributed by atoms with Gasteiger partial charge in [-0.2, -0.15) is 0 Å². The molecule has 102 valence electrons. The Morgan fingerprint density at radius 3 is 2.35 bits per heavy atom. The molecule has 0 amide bonds. The monoisotopic (exact) mass is 273 g/mol. The summed E-state index contributed by atoms with van der Waals surface area (Å²) >= 11 is 5.97. The van der Waals surface area contributed by atoms with Gasteiger partial charge in [0.1, 0.15) is 0 Å². The first-order valence-electron chi connectivity index (χ1n) is 5.95. The van der Waals surface area contributed by atoms with Crippen LogP contribution in [0.25, 0.3) is 0 Å². The zero-order valence-corrected chi connectivity index (χ0v) is 10.5. The molecule has 0 spiro atoms. The van der Waals surface area contributed by atoms with Crippen molar-refractivity contribution in [1.82, 2.24) is 5.32 Å². The van der Waals surface area contributed by atoms with Gasteiger partial charge < -0.3 is 5.32 Å². The minimum atomic E-state index is -4.53. The van der Waals surface area contributed by atoms with E-state index in [0.717, 1.165) is 25.7 Å². The molecule has 0 bridgehead atoms. The maximum absolute atomic E-state index is 11.7. The first-order chi connectivity index (χ1) is 7.97. The Balaban J connectivity index is 2.15. The van der Waals surface area contributed by atoms with Gasteiger partial charge in [0.2, 0.25) is 0 Å². The van der Waals surface area contributed by atoms with Crippen molar-refractivity contribution in [3.63, 3.8) is 0 Å². The molecule has 0 aromatic rings. The molecule has 1 saturated carbocycles. The third-order valence-corrected chi connectivity index (χ3v) is 3.81. The Labute approximate surface area is 105 Å². The van der Waals surface area contributed by atoms with E-state index >= 15 is 0 Å². The van der Waals surface area contributed by atoms with Gasteiger partial charge in [-0.1, -0.05) is 19.3 Å². The zero-order chi connectivity index (χ0) is 12.8. The number of ether oxygens (including phenoxy) is 1. The van der Waals surface area contributed by atoms with Crippen molar-refractivity contribution in [1.29, 1.82) is 0 Å². The number of hydrogen-bond donors (Lipinski definition) is 1. The average molecular weight is 274 g/mol. The van der Waals surface area contributed by atoms with Crippen LogP contribution in [0.15, 0.2) is 0 Å². The van der Waals surface area contributed by atoms with Crippen LogP contribution in [0.5, 0.6) is 0 Å². The molecular weight excluding hydrogens is 255 g/mol. The molecule has 1 fully saturated rings. The molecule has 0 heterocycles. The molecular formula is C11H19ClF3NO. The Morgan fingerprint density at radius 2 is 1.82 bits per heavy atom. The number of hydrogen-bond acceptors (Lipinski definition) is 2. The summed E-state index contributed by atoms with van der Waals surface area (Å²) in [5.41, 5.74) is 0.0675. The maximum atomic E-state index is 11.7. The van der Waals surface area contributed by atoms with Crippen LogP contribution in [0.2, 0.25) is 0 Å². The average Bonchev–Trinajstić information content (AvgIpc) is 2.28. The van der Waals surface area contributed by atoms with Crippen LogP contribution in [-0.4, -0.2) is 31.9 Å². The van der Waals surface area contributed by atoms with Gasteiger partial charge in [0.25, 0.3) is 0 Å². The number of rotatable bonds is 6. The Morgan fingerprint density at radius 1 is 1.18 bits per heavy atom. The van der Waals surface area contributed by atoms with Crippen LogP contribution in [0.3, 0.4) is 0 Å². The molecule has 6 heteroatoms. The van der Waals surface area contributed by atoms with Crippen molar-refractivity contribution in [3.05, 3.63) is 0 Å². The summed E-state index contributed by atoms with van der Waals surface area (Å²) in [6, 6.07) is 0. The van der Waals surface area contributed by atoms with Gasteiger partial charge in [-0.3, -0.25) is 4.74 Å². The maximum Gasteiger partial charge on any atom is 0.522 e. The first kappa shape index (κ1) is 15.1. The van der Waals surface area contributed by atoms with Crippen molar-refractivity contribution < 1.29 is 17.9 Å². The summed E-state index contributed by atoms with van der Waals surface area (Å²) in [6.45, 7) is 0.539. The summed E-state index contributed by atoms with van der Waals surface area (Å²) in [5, 5.41) is 3.01. The minimum Gasteiger partial charge on any atom is -0.314 e. The van der Waals surface area contributed by atoms with Gasteiger partial charge in [0, 0.05) is 19.0 Å². The summed E-state index contributed by atoms with van der Waals surface area (Å²) in [6.07, 6.45) is 1.14. The largest absolute Gasteiger partial charge is 0.522 e. The van der Waals surface area contributed by atoms with Crippen LogP contribution in [0, 0.1) is 5.41 Å².